The van der Waals surface area contributed by atoms with E-state index in [2.05, 4.69) is 29.0 Å². The second-order valence-corrected chi connectivity index (χ2v) is 3.31. The minimum absolute atomic E-state index is 0.862. The number of aryl methyl sites for hydroxylation is 1. The van der Waals surface area contributed by atoms with Crippen LogP contribution in [0.15, 0.2) is 42.9 Å². The van der Waals surface area contributed by atoms with E-state index in [1.165, 1.54) is 11.1 Å². The number of aromatic nitrogens is 2. The highest BCUT2D eigenvalue weighted by Crippen LogP contribution is 2.09. The summed E-state index contributed by atoms with van der Waals surface area (Å²) in [6.07, 6.45) is 6.36. The highest BCUT2D eigenvalue weighted by atomic mass is 14.7. The minimum Gasteiger partial charge on any atom is -0.264 e. The van der Waals surface area contributed by atoms with Crippen LogP contribution in [-0.4, -0.2) is 9.97 Å². The SMILES string of the molecule is Cc1cccnc1Cc1cccnc1. The number of nitrogens with zero attached hydrogens (tertiary/aromatic N) is 2. The molecule has 0 N–H and O–H groups in total. The molecule has 0 fully saturated rings. The first kappa shape index (κ1) is 8.88. The molecule has 0 aliphatic carbocycles. The molecular weight excluding hydrogens is 172 g/mol. The van der Waals surface area contributed by atoms with Gasteiger partial charge in [0.05, 0.1) is 0 Å². The van der Waals surface area contributed by atoms with Gasteiger partial charge in [-0.2, -0.15) is 0 Å². The summed E-state index contributed by atoms with van der Waals surface area (Å²) >= 11 is 0. The van der Waals surface area contributed by atoms with Gasteiger partial charge in [-0.05, 0) is 30.2 Å². The molecule has 0 atom stereocenters. The van der Waals surface area contributed by atoms with Gasteiger partial charge in [0.1, 0.15) is 0 Å². The average Bonchev–Trinajstić information content (AvgIpc) is 2.23. The van der Waals surface area contributed by atoms with E-state index in [1.54, 1.807) is 6.20 Å². The second kappa shape index (κ2) is 4.01. The van der Waals surface area contributed by atoms with E-state index < -0.39 is 0 Å². The molecule has 0 saturated heterocycles. The van der Waals surface area contributed by atoms with Crippen LogP contribution in [0.2, 0.25) is 0 Å². The standard InChI is InChI=1S/C12H12N2/c1-10-4-2-7-14-12(10)8-11-5-3-6-13-9-11/h2-7,9H,8H2,1H3. The molecule has 0 unspecified atom stereocenters. The lowest BCUT2D eigenvalue weighted by atomic mass is 10.1. The Morgan fingerprint density at radius 3 is 2.71 bits per heavy atom. The van der Waals surface area contributed by atoms with Crippen molar-refractivity contribution < 1.29 is 0 Å². The van der Waals surface area contributed by atoms with Crippen molar-refractivity contribution in [2.45, 2.75) is 13.3 Å². The summed E-state index contributed by atoms with van der Waals surface area (Å²) in [6, 6.07) is 8.06. The summed E-state index contributed by atoms with van der Waals surface area (Å²) < 4.78 is 0. The van der Waals surface area contributed by atoms with Gasteiger partial charge < -0.3 is 0 Å². The molecule has 2 aromatic heterocycles. The second-order valence-electron chi connectivity index (χ2n) is 3.31. The zero-order valence-electron chi connectivity index (χ0n) is 8.14. The third-order valence-corrected chi connectivity index (χ3v) is 2.21. The number of pyridine rings is 2. The van der Waals surface area contributed by atoms with E-state index in [9.17, 15) is 0 Å². The Morgan fingerprint density at radius 1 is 1.14 bits per heavy atom. The van der Waals surface area contributed by atoms with Crippen LogP contribution in [-0.2, 0) is 6.42 Å². The molecule has 0 aromatic carbocycles. The van der Waals surface area contributed by atoms with Crippen LogP contribution in [0.25, 0.3) is 0 Å². The Hall–Kier alpha value is -1.70. The summed E-state index contributed by atoms with van der Waals surface area (Å²) in [7, 11) is 0. The molecular formula is C12H12N2. The molecule has 0 aliphatic rings. The average molecular weight is 184 g/mol. The van der Waals surface area contributed by atoms with E-state index in [0.717, 1.165) is 12.1 Å². The molecule has 2 heteroatoms. The van der Waals surface area contributed by atoms with Crippen LogP contribution in [0, 0.1) is 6.92 Å². The predicted molar refractivity (Wildman–Crippen MR) is 56.0 cm³/mol. The van der Waals surface area contributed by atoms with Gasteiger partial charge in [-0.25, -0.2) is 0 Å². The van der Waals surface area contributed by atoms with Crippen LogP contribution >= 0.6 is 0 Å². The molecule has 2 rings (SSSR count). The van der Waals surface area contributed by atoms with Crippen molar-refractivity contribution in [3.8, 4) is 0 Å². The van der Waals surface area contributed by atoms with Crippen molar-refractivity contribution in [3.63, 3.8) is 0 Å². The van der Waals surface area contributed by atoms with Crippen molar-refractivity contribution in [2.24, 2.45) is 0 Å². The number of rotatable bonds is 2. The van der Waals surface area contributed by atoms with Gasteiger partial charge in [-0.15, -0.1) is 0 Å². The van der Waals surface area contributed by atoms with Gasteiger partial charge in [0.25, 0.3) is 0 Å². The molecule has 2 heterocycles. The largest absolute Gasteiger partial charge is 0.264 e. The highest BCUT2D eigenvalue weighted by molar-refractivity contribution is 5.24. The molecule has 2 nitrogen and oxygen atoms in total. The molecule has 0 bridgehead atoms. The summed E-state index contributed by atoms with van der Waals surface area (Å²) in [5.74, 6) is 0. The molecule has 0 aliphatic heterocycles. The molecule has 70 valence electrons. The van der Waals surface area contributed by atoms with Gasteiger partial charge in [0.15, 0.2) is 0 Å². The fraction of sp³-hybridized carbons (Fsp3) is 0.167. The fourth-order valence-corrected chi connectivity index (χ4v) is 1.40. The quantitative estimate of drug-likeness (QED) is 0.716. The first-order valence-electron chi connectivity index (χ1n) is 4.65. The van der Waals surface area contributed by atoms with Gasteiger partial charge in [0.2, 0.25) is 0 Å². The molecule has 0 spiro atoms. The van der Waals surface area contributed by atoms with Crippen LogP contribution in [0.4, 0.5) is 0 Å². The summed E-state index contributed by atoms with van der Waals surface area (Å²) in [5, 5.41) is 0. The third-order valence-electron chi connectivity index (χ3n) is 2.21. The maximum Gasteiger partial charge on any atom is 0.0477 e. The summed E-state index contributed by atoms with van der Waals surface area (Å²) in [5.41, 5.74) is 3.56. The molecule has 0 amide bonds. The lowest BCUT2D eigenvalue weighted by Gasteiger charge is -2.03. The first-order chi connectivity index (χ1) is 6.86. The summed E-state index contributed by atoms with van der Waals surface area (Å²) in [4.78, 5) is 8.43. The fourth-order valence-electron chi connectivity index (χ4n) is 1.40. The Labute approximate surface area is 83.7 Å². The Kier molecular flexibility index (Phi) is 2.54. The van der Waals surface area contributed by atoms with Gasteiger partial charge in [-0.3, -0.25) is 9.97 Å². The van der Waals surface area contributed by atoms with Crippen molar-refractivity contribution in [3.05, 3.63) is 59.7 Å². The smallest absolute Gasteiger partial charge is 0.0477 e. The maximum absolute atomic E-state index is 4.35. The van der Waals surface area contributed by atoms with E-state index in [4.69, 9.17) is 0 Å². The predicted octanol–water partition coefficient (Wildman–Crippen LogP) is 2.38. The van der Waals surface area contributed by atoms with E-state index >= 15 is 0 Å². The van der Waals surface area contributed by atoms with E-state index in [1.807, 2.05) is 24.5 Å². The Balaban J connectivity index is 2.24. The van der Waals surface area contributed by atoms with Gasteiger partial charge in [-0.1, -0.05) is 12.1 Å². The zero-order valence-corrected chi connectivity index (χ0v) is 8.14. The molecule has 0 radical (unpaired) electrons. The Bertz CT molecular complexity index is 410. The number of hydrogen-bond acceptors (Lipinski definition) is 2. The lowest BCUT2D eigenvalue weighted by molar-refractivity contribution is 1.03. The van der Waals surface area contributed by atoms with Crippen molar-refractivity contribution in [2.75, 3.05) is 0 Å². The molecule has 0 saturated carbocycles. The van der Waals surface area contributed by atoms with Crippen molar-refractivity contribution in [1.29, 1.82) is 0 Å². The van der Waals surface area contributed by atoms with Crippen molar-refractivity contribution in [1.82, 2.24) is 9.97 Å². The monoisotopic (exact) mass is 184 g/mol. The van der Waals surface area contributed by atoms with Crippen molar-refractivity contribution >= 4 is 0 Å². The van der Waals surface area contributed by atoms with E-state index in [-0.39, 0.29) is 0 Å². The van der Waals surface area contributed by atoms with Gasteiger partial charge in [0, 0.05) is 30.7 Å². The highest BCUT2D eigenvalue weighted by Gasteiger charge is 1.99. The van der Waals surface area contributed by atoms with Crippen LogP contribution in [0.3, 0.4) is 0 Å². The molecule has 2 aromatic rings. The maximum atomic E-state index is 4.35. The van der Waals surface area contributed by atoms with Crippen LogP contribution in [0.5, 0.6) is 0 Å². The van der Waals surface area contributed by atoms with Crippen LogP contribution in [0.1, 0.15) is 16.8 Å². The van der Waals surface area contributed by atoms with Gasteiger partial charge >= 0.3 is 0 Å². The first-order valence-corrected chi connectivity index (χ1v) is 4.65. The number of hydrogen-bond donors (Lipinski definition) is 0. The topological polar surface area (TPSA) is 25.8 Å². The van der Waals surface area contributed by atoms with E-state index in [0.29, 0.717) is 0 Å². The summed E-state index contributed by atoms with van der Waals surface area (Å²) in [6.45, 7) is 2.08. The Morgan fingerprint density at radius 2 is 2.00 bits per heavy atom. The lowest BCUT2D eigenvalue weighted by Crippen LogP contribution is -1.95. The molecule has 14 heavy (non-hydrogen) atoms. The van der Waals surface area contributed by atoms with Crippen LogP contribution < -0.4 is 0 Å². The minimum atomic E-state index is 0.862. The normalized spacial score (nSPS) is 10.1. The zero-order chi connectivity index (χ0) is 9.80. The third kappa shape index (κ3) is 1.96.